The maximum Gasteiger partial charge on any atom is 0.308 e. The molecular weight excluding hydrogens is 328 g/mol. The number of esters is 2. The van der Waals surface area contributed by atoms with Gasteiger partial charge in [-0.3, -0.25) is 14.4 Å². The van der Waals surface area contributed by atoms with Crippen LogP contribution in [0.1, 0.15) is 43.1 Å². The summed E-state index contributed by atoms with van der Waals surface area (Å²) in [6, 6.07) is 1.49. The molecule has 24 heavy (non-hydrogen) atoms. The van der Waals surface area contributed by atoms with Gasteiger partial charge in [0.05, 0.1) is 13.7 Å². The molecule has 1 aromatic carbocycles. The Morgan fingerprint density at radius 2 is 1.96 bits per heavy atom. The van der Waals surface area contributed by atoms with Gasteiger partial charge >= 0.3 is 11.9 Å². The van der Waals surface area contributed by atoms with Crippen molar-refractivity contribution in [2.45, 2.75) is 39.7 Å². The zero-order chi connectivity index (χ0) is 17.9. The number of carbonyl (C=O) groups is 3. The quantitative estimate of drug-likeness (QED) is 0.457. The predicted octanol–water partition coefficient (Wildman–Crippen LogP) is 2.08. The number of benzene rings is 1. The molecule has 0 aromatic heterocycles. The summed E-state index contributed by atoms with van der Waals surface area (Å²) in [5.41, 5.74) is 0.825. The van der Waals surface area contributed by atoms with Gasteiger partial charge in [-0.05, 0) is 6.92 Å². The Bertz CT molecular complexity index is 678. The van der Waals surface area contributed by atoms with Gasteiger partial charge in [0.15, 0.2) is 5.78 Å². The molecule has 0 radical (unpaired) electrons. The SMILES string of the molecule is CO[13c]1[13cH][13c](OC(C)=O)[13c]([13CH2][13CH2]OC(C)=O)[13c]2[13c]1[13C](=O)[13CH2][13C@@H]([13CH3])O2. The lowest BCUT2D eigenvalue weighted by Gasteiger charge is -2.27. The van der Waals surface area contributed by atoms with Gasteiger partial charge in [0, 0.05) is 38.3 Å². The lowest BCUT2D eigenvalue weighted by molar-refractivity contribution is -0.141. The number of hydrogen-bond acceptors (Lipinski definition) is 7. The molecule has 0 unspecified atom stereocenters. The number of methoxy groups -OCH3 is 1. The van der Waals surface area contributed by atoms with Crippen LogP contribution in [-0.4, -0.2) is 37.5 Å². The van der Waals surface area contributed by atoms with Crippen LogP contribution in [0.25, 0.3) is 0 Å². The summed E-state index contributed by atoms with van der Waals surface area (Å²) < 4.78 is 21.3. The first-order chi connectivity index (χ1) is 11.3. The Morgan fingerprint density at radius 3 is 2.54 bits per heavy atom. The highest BCUT2D eigenvalue weighted by Crippen LogP contribution is 2.43. The molecule has 0 amide bonds. The van der Waals surface area contributed by atoms with Crippen LogP contribution in [0, 0.1) is 0 Å². The zero-order valence-electron chi connectivity index (χ0n) is 14.1. The predicted molar refractivity (Wildman–Crippen MR) is 83.7 cm³/mol. The van der Waals surface area contributed by atoms with Crippen molar-refractivity contribution in [3.63, 3.8) is 0 Å². The number of hydrogen-bond donors (Lipinski definition) is 0. The smallest absolute Gasteiger partial charge is 0.308 e. The monoisotopic (exact) mass is 348 g/mol. The summed E-state index contributed by atoms with van der Waals surface area (Å²) in [7, 11) is 1.43. The van der Waals surface area contributed by atoms with Crippen molar-refractivity contribution >= 4 is 17.7 Å². The lowest BCUT2D eigenvalue weighted by Crippen LogP contribution is -2.26. The molecule has 0 fully saturated rings. The van der Waals surface area contributed by atoms with E-state index in [2.05, 4.69) is 0 Å². The van der Waals surface area contributed by atoms with Gasteiger partial charge in [0.25, 0.3) is 0 Å². The molecule has 0 saturated carbocycles. The molecule has 2 rings (SSSR count). The molecular formula is C17H20O7. The van der Waals surface area contributed by atoms with E-state index in [-0.39, 0.29) is 42.8 Å². The zero-order valence-corrected chi connectivity index (χ0v) is 14.1. The third kappa shape index (κ3) is 3.84. The number of carbonyl (C=O) groups excluding carboxylic acids is 3. The summed E-state index contributed by atoms with van der Waals surface area (Å²) in [5, 5.41) is 0. The van der Waals surface area contributed by atoms with E-state index in [1.54, 1.807) is 6.92 Å². The fourth-order valence-corrected chi connectivity index (χ4v) is 2.59. The van der Waals surface area contributed by atoms with E-state index in [1.165, 1.54) is 27.0 Å². The Morgan fingerprint density at radius 1 is 1.25 bits per heavy atom. The van der Waals surface area contributed by atoms with Crippen LogP contribution in [0.4, 0.5) is 0 Å². The molecule has 130 valence electrons. The normalized spacial score (nSPS) is 16.0. The fourth-order valence-electron chi connectivity index (χ4n) is 2.59. The van der Waals surface area contributed by atoms with Crippen molar-refractivity contribution in [2.24, 2.45) is 0 Å². The van der Waals surface area contributed by atoms with E-state index in [0.29, 0.717) is 16.9 Å². The van der Waals surface area contributed by atoms with Gasteiger partial charge < -0.3 is 18.9 Å². The minimum Gasteiger partial charge on any atom is -0.496 e. The van der Waals surface area contributed by atoms with Gasteiger partial charge in [-0.2, -0.15) is 0 Å². The maximum atomic E-state index is 12.4. The highest BCUT2D eigenvalue weighted by Gasteiger charge is 2.32. The van der Waals surface area contributed by atoms with E-state index < -0.39 is 11.9 Å². The van der Waals surface area contributed by atoms with Crippen LogP contribution in [0.5, 0.6) is 17.2 Å². The van der Waals surface area contributed by atoms with Crippen molar-refractivity contribution in [1.82, 2.24) is 0 Å². The van der Waals surface area contributed by atoms with Crippen molar-refractivity contribution < 1.29 is 33.3 Å². The number of rotatable bonds is 5. The van der Waals surface area contributed by atoms with Crippen LogP contribution in [0.2, 0.25) is 0 Å². The molecule has 1 heterocycles. The summed E-state index contributed by atoms with van der Waals surface area (Å²) >= 11 is 0. The number of ketones is 1. The first-order valence-electron chi connectivity index (χ1n) is 7.59. The van der Waals surface area contributed by atoms with Crippen molar-refractivity contribution in [3.8, 4) is 17.2 Å². The summed E-state index contributed by atoms with van der Waals surface area (Å²) in [6.45, 7) is 4.44. The minimum absolute atomic E-state index is 0.0777. The molecule has 0 bridgehead atoms. The Kier molecular flexibility index (Phi) is 5.43. The van der Waals surface area contributed by atoms with E-state index >= 15 is 0 Å². The Balaban J connectivity index is 2.54. The molecule has 1 aromatic rings. The molecule has 0 N–H and O–H groups in total. The van der Waals surface area contributed by atoms with E-state index in [1.807, 2.05) is 0 Å². The highest BCUT2D eigenvalue weighted by molar-refractivity contribution is 6.03. The van der Waals surface area contributed by atoms with Crippen LogP contribution < -0.4 is 14.2 Å². The lowest BCUT2D eigenvalue weighted by atomic mass is 10.8. The largest absolute Gasteiger partial charge is 0.496 e. The van der Waals surface area contributed by atoms with Crippen LogP contribution in [0.15, 0.2) is 6.07 Å². The second kappa shape index (κ2) is 7.33. The molecule has 1 aliphatic heterocycles. The Hall–Kier alpha value is -2.57. The van der Waals surface area contributed by atoms with Gasteiger partial charge in [-0.25, -0.2) is 0 Å². The summed E-state index contributed by atoms with van der Waals surface area (Å²) in [4.78, 5) is 34.8. The maximum absolute atomic E-state index is 12.4. The average molecular weight is 348 g/mol. The van der Waals surface area contributed by atoms with Crippen LogP contribution >= 0.6 is 0 Å². The number of fused-ring (bicyclic) bond motifs is 1. The van der Waals surface area contributed by atoms with Crippen molar-refractivity contribution in [2.75, 3.05) is 13.7 Å². The van der Waals surface area contributed by atoms with Crippen LogP contribution in [0.3, 0.4) is 0 Å². The number of Topliss-reactive ketones (excluding diaryl/α,β-unsaturated/α-hetero) is 1. The van der Waals surface area contributed by atoms with E-state index in [0.717, 1.165) is 0 Å². The fraction of sp³-hybridized carbons (Fsp3) is 0.471. The summed E-state index contributed by atoms with van der Waals surface area (Å²) in [6.07, 6.45) is 0.170. The topological polar surface area (TPSA) is 88.1 Å². The van der Waals surface area contributed by atoms with E-state index in [9.17, 15) is 14.4 Å². The van der Waals surface area contributed by atoms with Gasteiger partial charge in [0.1, 0.15) is 28.9 Å². The standard InChI is InChI=1S/C17H20O7/c1-9-7-13(20)16-15(21-4)8-14(24-11(3)19)12(17(16)23-9)5-6-22-10(2)18/h8-9H,5-7H2,1-4H3/t9-/m1/s1/i1+1,5+1,6+1,7+1,8+1,9+1,12+1,13+1,14+1,15+1,16+1,17+1. The summed E-state index contributed by atoms with van der Waals surface area (Å²) in [5.74, 6) is -0.204. The third-order valence-corrected chi connectivity index (χ3v) is 3.51. The first-order valence-corrected chi connectivity index (χ1v) is 7.59. The molecule has 0 spiro atoms. The molecule has 7 nitrogen and oxygen atoms in total. The molecule has 0 saturated heterocycles. The third-order valence-electron chi connectivity index (χ3n) is 3.51. The second-order valence-corrected chi connectivity index (χ2v) is 5.50. The number of ether oxygens (including phenoxy) is 4. The molecule has 1 atom stereocenters. The minimum atomic E-state index is -0.513. The van der Waals surface area contributed by atoms with Gasteiger partial charge in [-0.1, -0.05) is 0 Å². The van der Waals surface area contributed by atoms with E-state index in [4.69, 9.17) is 18.9 Å². The van der Waals surface area contributed by atoms with Gasteiger partial charge in [0.2, 0.25) is 0 Å². The van der Waals surface area contributed by atoms with Crippen molar-refractivity contribution in [3.05, 3.63) is 17.2 Å². The Labute approximate surface area is 139 Å². The molecule has 0 aliphatic carbocycles. The molecule has 1 aliphatic rings. The second-order valence-electron chi connectivity index (χ2n) is 5.50. The van der Waals surface area contributed by atoms with Gasteiger partial charge in [-0.15, -0.1) is 0 Å². The van der Waals surface area contributed by atoms with Crippen LogP contribution in [-0.2, 0) is 20.7 Å². The highest BCUT2D eigenvalue weighted by atomic mass is 16.7. The van der Waals surface area contributed by atoms with Crippen molar-refractivity contribution in [1.29, 1.82) is 0 Å². The first kappa shape index (κ1) is 17.8. The average Bonchev–Trinajstić information content (AvgIpc) is 2.47. The molecule has 7 heteroatoms.